The SMILES string of the molecule is CC(N)CCC1c2ccccc2CCc2ccccc21. The minimum atomic E-state index is 0.276. The first-order valence-electron chi connectivity index (χ1n) is 7.67. The second-order valence-corrected chi connectivity index (χ2v) is 6.00. The lowest BCUT2D eigenvalue weighted by Crippen LogP contribution is -2.16. The van der Waals surface area contributed by atoms with E-state index >= 15 is 0 Å². The fraction of sp³-hybridized carbons (Fsp3) is 0.368. The van der Waals surface area contributed by atoms with Crippen LogP contribution < -0.4 is 5.73 Å². The molecule has 0 spiro atoms. The molecule has 1 atom stereocenters. The molecule has 0 radical (unpaired) electrons. The van der Waals surface area contributed by atoms with Gasteiger partial charge in [-0.3, -0.25) is 0 Å². The second-order valence-electron chi connectivity index (χ2n) is 6.00. The van der Waals surface area contributed by atoms with Crippen LogP contribution in [0.4, 0.5) is 0 Å². The Bertz CT molecular complexity index is 538. The predicted octanol–water partition coefficient (Wildman–Crippen LogP) is 4.04. The summed E-state index contributed by atoms with van der Waals surface area (Å²) in [5.41, 5.74) is 12.0. The van der Waals surface area contributed by atoms with Crippen molar-refractivity contribution in [3.8, 4) is 0 Å². The highest BCUT2D eigenvalue weighted by molar-refractivity contribution is 5.44. The Kier molecular flexibility index (Phi) is 3.88. The topological polar surface area (TPSA) is 26.0 Å². The van der Waals surface area contributed by atoms with E-state index in [9.17, 15) is 0 Å². The highest BCUT2D eigenvalue weighted by Crippen LogP contribution is 2.37. The number of nitrogens with two attached hydrogens (primary N) is 1. The maximum Gasteiger partial charge on any atom is 0.00953 e. The summed E-state index contributed by atoms with van der Waals surface area (Å²) in [6.45, 7) is 2.11. The number of hydrogen-bond acceptors (Lipinski definition) is 1. The monoisotopic (exact) mass is 265 g/mol. The molecule has 0 bridgehead atoms. The standard InChI is InChI=1S/C19H23N/c1-14(20)10-13-19-17-8-4-2-6-15(17)11-12-16-7-3-5-9-18(16)19/h2-9,14,19H,10-13,20H2,1H3. The number of rotatable bonds is 3. The third kappa shape index (κ3) is 2.64. The van der Waals surface area contributed by atoms with E-state index in [0.717, 1.165) is 25.7 Å². The Labute approximate surface area is 121 Å². The lowest BCUT2D eigenvalue weighted by atomic mass is 9.84. The first kappa shape index (κ1) is 13.4. The van der Waals surface area contributed by atoms with Gasteiger partial charge in [0, 0.05) is 12.0 Å². The Morgan fingerprint density at radius 3 is 1.95 bits per heavy atom. The van der Waals surface area contributed by atoms with Gasteiger partial charge < -0.3 is 5.73 Å². The largest absolute Gasteiger partial charge is 0.328 e. The molecular weight excluding hydrogens is 242 g/mol. The molecule has 3 rings (SSSR count). The normalized spacial score (nSPS) is 16.1. The summed E-state index contributed by atoms with van der Waals surface area (Å²) in [5.74, 6) is 0.510. The Hall–Kier alpha value is -1.60. The summed E-state index contributed by atoms with van der Waals surface area (Å²) in [5, 5.41) is 0. The molecule has 0 fully saturated rings. The van der Waals surface area contributed by atoms with Crippen molar-refractivity contribution in [1.82, 2.24) is 0 Å². The Balaban J connectivity index is 2.04. The van der Waals surface area contributed by atoms with Crippen LogP contribution in [0.25, 0.3) is 0 Å². The third-order valence-corrected chi connectivity index (χ3v) is 4.44. The number of benzene rings is 2. The molecule has 1 heteroatoms. The third-order valence-electron chi connectivity index (χ3n) is 4.44. The van der Waals surface area contributed by atoms with Crippen LogP contribution in [0.1, 0.15) is 47.9 Å². The number of fused-ring (bicyclic) bond motifs is 2. The summed E-state index contributed by atoms with van der Waals surface area (Å²) in [6.07, 6.45) is 4.53. The van der Waals surface area contributed by atoms with Crippen LogP contribution in [-0.4, -0.2) is 6.04 Å². The van der Waals surface area contributed by atoms with Crippen molar-refractivity contribution in [2.45, 2.75) is 44.6 Å². The molecule has 0 saturated heterocycles. The van der Waals surface area contributed by atoms with Gasteiger partial charge in [-0.2, -0.15) is 0 Å². The van der Waals surface area contributed by atoms with Crippen molar-refractivity contribution >= 4 is 0 Å². The molecule has 1 unspecified atom stereocenters. The van der Waals surface area contributed by atoms with Gasteiger partial charge >= 0.3 is 0 Å². The molecular formula is C19H23N. The van der Waals surface area contributed by atoms with Gasteiger partial charge in [0.15, 0.2) is 0 Å². The maximum atomic E-state index is 5.99. The van der Waals surface area contributed by atoms with Crippen LogP contribution in [0.3, 0.4) is 0 Å². The number of hydrogen-bond donors (Lipinski definition) is 1. The summed E-state index contributed by atoms with van der Waals surface area (Å²) in [4.78, 5) is 0. The summed E-state index contributed by atoms with van der Waals surface area (Å²) in [6, 6.07) is 18.1. The zero-order valence-electron chi connectivity index (χ0n) is 12.2. The van der Waals surface area contributed by atoms with E-state index in [1.807, 2.05) is 0 Å². The minimum absolute atomic E-state index is 0.276. The molecule has 2 aromatic rings. The van der Waals surface area contributed by atoms with Crippen LogP contribution in [0.5, 0.6) is 0 Å². The van der Waals surface area contributed by atoms with Crippen molar-refractivity contribution in [2.75, 3.05) is 0 Å². The molecule has 1 nitrogen and oxygen atoms in total. The smallest absolute Gasteiger partial charge is 0.00953 e. The van der Waals surface area contributed by atoms with Crippen molar-refractivity contribution < 1.29 is 0 Å². The van der Waals surface area contributed by atoms with Gasteiger partial charge in [0.05, 0.1) is 0 Å². The van der Waals surface area contributed by atoms with Gasteiger partial charge in [0.2, 0.25) is 0 Å². The van der Waals surface area contributed by atoms with Crippen molar-refractivity contribution in [3.63, 3.8) is 0 Å². The molecule has 20 heavy (non-hydrogen) atoms. The van der Waals surface area contributed by atoms with Gasteiger partial charge in [0.25, 0.3) is 0 Å². The van der Waals surface area contributed by atoms with E-state index in [2.05, 4.69) is 55.5 Å². The minimum Gasteiger partial charge on any atom is -0.328 e. The highest BCUT2D eigenvalue weighted by atomic mass is 14.6. The highest BCUT2D eigenvalue weighted by Gasteiger charge is 2.22. The summed E-state index contributed by atoms with van der Waals surface area (Å²) in [7, 11) is 0. The molecule has 104 valence electrons. The van der Waals surface area contributed by atoms with E-state index in [1.165, 1.54) is 22.3 Å². The van der Waals surface area contributed by atoms with Crippen LogP contribution in [0.2, 0.25) is 0 Å². The second kappa shape index (κ2) is 5.80. The van der Waals surface area contributed by atoms with Gasteiger partial charge in [0.1, 0.15) is 0 Å². The summed E-state index contributed by atoms with van der Waals surface area (Å²) < 4.78 is 0. The first-order chi connectivity index (χ1) is 9.75. The molecule has 0 amide bonds. The van der Waals surface area contributed by atoms with Crippen LogP contribution >= 0.6 is 0 Å². The lowest BCUT2D eigenvalue weighted by Gasteiger charge is -2.21. The average Bonchev–Trinajstić information content (AvgIpc) is 2.62. The molecule has 0 saturated carbocycles. The summed E-state index contributed by atoms with van der Waals surface area (Å²) >= 11 is 0. The van der Waals surface area contributed by atoms with Gasteiger partial charge in [-0.1, -0.05) is 48.5 Å². The Morgan fingerprint density at radius 2 is 1.45 bits per heavy atom. The van der Waals surface area contributed by atoms with Crippen LogP contribution in [-0.2, 0) is 12.8 Å². The maximum absolute atomic E-state index is 5.99. The Morgan fingerprint density at radius 1 is 0.950 bits per heavy atom. The van der Waals surface area contributed by atoms with Crippen molar-refractivity contribution in [2.24, 2.45) is 5.73 Å². The van der Waals surface area contributed by atoms with E-state index in [1.54, 1.807) is 0 Å². The van der Waals surface area contributed by atoms with Crippen molar-refractivity contribution in [3.05, 3.63) is 70.8 Å². The van der Waals surface area contributed by atoms with E-state index in [-0.39, 0.29) is 6.04 Å². The molecule has 1 aliphatic rings. The van der Waals surface area contributed by atoms with Crippen LogP contribution in [0, 0.1) is 0 Å². The fourth-order valence-electron chi connectivity index (χ4n) is 3.38. The quantitative estimate of drug-likeness (QED) is 0.890. The van der Waals surface area contributed by atoms with E-state index in [4.69, 9.17) is 5.73 Å². The molecule has 0 heterocycles. The van der Waals surface area contributed by atoms with E-state index in [0.29, 0.717) is 5.92 Å². The zero-order chi connectivity index (χ0) is 13.9. The number of aryl methyl sites for hydroxylation is 2. The molecule has 0 aliphatic heterocycles. The van der Waals surface area contributed by atoms with E-state index < -0.39 is 0 Å². The molecule has 2 aromatic carbocycles. The van der Waals surface area contributed by atoms with Gasteiger partial charge in [-0.25, -0.2) is 0 Å². The first-order valence-corrected chi connectivity index (χ1v) is 7.67. The predicted molar refractivity (Wildman–Crippen MR) is 85.0 cm³/mol. The van der Waals surface area contributed by atoms with Crippen LogP contribution in [0.15, 0.2) is 48.5 Å². The molecule has 1 aliphatic carbocycles. The van der Waals surface area contributed by atoms with Gasteiger partial charge in [-0.15, -0.1) is 0 Å². The molecule has 2 N–H and O–H groups in total. The van der Waals surface area contributed by atoms with Crippen molar-refractivity contribution in [1.29, 1.82) is 0 Å². The molecule has 0 aromatic heterocycles. The zero-order valence-corrected chi connectivity index (χ0v) is 12.2. The fourth-order valence-corrected chi connectivity index (χ4v) is 3.38. The van der Waals surface area contributed by atoms with Gasteiger partial charge in [-0.05, 0) is 54.9 Å². The lowest BCUT2D eigenvalue weighted by molar-refractivity contribution is 0.584. The average molecular weight is 265 g/mol.